The number of hydrogen-bond acceptors (Lipinski definition) is 4. The minimum absolute atomic E-state index is 0.222. The molecule has 0 heterocycles. The van der Waals surface area contributed by atoms with Gasteiger partial charge >= 0.3 is 5.97 Å². The Labute approximate surface area is 104 Å². The maximum atomic E-state index is 11.5. The highest BCUT2D eigenvalue weighted by atomic mass is 35.5. The summed E-state index contributed by atoms with van der Waals surface area (Å²) in [6, 6.07) is 4.38. The van der Waals surface area contributed by atoms with Crippen molar-refractivity contribution in [3.8, 4) is 0 Å². The van der Waals surface area contributed by atoms with Crippen LogP contribution in [0.2, 0.25) is 5.02 Å². The summed E-state index contributed by atoms with van der Waals surface area (Å²) in [7, 11) is 0. The molecular formula is C11H13ClN2O3. The van der Waals surface area contributed by atoms with Gasteiger partial charge in [-0.3, -0.25) is 4.79 Å². The predicted octanol–water partition coefficient (Wildman–Crippen LogP) is 1.22. The van der Waals surface area contributed by atoms with Gasteiger partial charge in [-0.15, -0.1) is 0 Å². The molecule has 0 bridgehead atoms. The van der Waals surface area contributed by atoms with Gasteiger partial charge in [-0.25, -0.2) is 4.79 Å². The molecule has 0 saturated heterocycles. The molecule has 6 heteroatoms. The number of benzene rings is 1. The van der Waals surface area contributed by atoms with Crippen LogP contribution in [0.4, 0.5) is 5.69 Å². The van der Waals surface area contributed by atoms with Crippen molar-refractivity contribution in [1.82, 2.24) is 5.32 Å². The van der Waals surface area contributed by atoms with Crippen LogP contribution in [0.15, 0.2) is 18.2 Å². The molecule has 0 unspecified atom stereocenters. The summed E-state index contributed by atoms with van der Waals surface area (Å²) in [6.07, 6.45) is 0. The maximum absolute atomic E-state index is 11.5. The summed E-state index contributed by atoms with van der Waals surface area (Å²) in [5.41, 5.74) is 6.11. The summed E-state index contributed by atoms with van der Waals surface area (Å²) >= 11 is 5.74. The third-order valence-electron chi connectivity index (χ3n) is 1.86. The number of nitrogen functional groups attached to an aromatic ring is 1. The van der Waals surface area contributed by atoms with Crippen LogP contribution in [-0.4, -0.2) is 25.0 Å². The van der Waals surface area contributed by atoms with E-state index in [1.165, 1.54) is 18.2 Å². The lowest BCUT2D eigenvalue weighted by atomic mass is 10.2. The van der Waals surface area contributed by atoms with Crippen LogP contribution in [0.3, 0.4) is 0 Å². The van der Waals surface area contributed by atoms with E-state index in [4.69, 9.17) is 22.1 Å². The Morgan fingerprint density at radius 1 is 1.41 bits per heavy atom. The average Bonchev–Trinajstić information content (AvgIpc) is 2.25. The Morgan fingerprint density at radius 3 is 2.71 bits per heavy atom. The molecule has 5 nitrogen and oxygen atoms in total. The van der Waals surface area contributed by atoms with Crippen molar-refractivity contribution in [3.05, 3.63) is 28.8 Å². The highest BCUT2D eigenvalue weighted by molar-refractivity contribution is 6.31. The van der Waals surface area contributed by atoms with Crippen LogP contribution in [0.25, 0.3) is 0 Å². The van der Waals surface area contributed by atoms with Gasteiger partial charge in [0.1, 0.15) is 0 Å². The van der Waals surface area contributed by atoms with E-state index in [1.807, 2.05) is 0 Å². The lowest BCUT2D eigenvalue weighted by Crippen LogP contribution is -2.28. The Balaban J connectivity index is 2.61. The van der Waals surface area contributed by atoms with Gasteiger partial charge in [0, 0.05) is 17.3 Å². The molecule has 0 fully saturated rings. The van der Waals surface area contributed by atoms with E-state index in [0.29, 0.717) is 17.3 Å². The van der Waals surface area contributed by atoms with E-state index in [2.05, 4.69) is 5.32 Å². The summed E-state index contributed by atoms with van der Waals surface area (Å²) < 4.78 is 4.79. The van der Waals surface area contributed by atoms with Crippen LogP contribution in [0, 0.1) is 0 Å². The zero-order chi connectivity index (χ0) is 12.8. The number of ether oxygens (including phenoxy) is 1. The Morgan fingerprint density at radius 2 is 2.12 bits per heavy atom. The lowest BCUT2D eigenvalue weighted by molar-refractivity contribution is -0.124. The van der Waals surface area contributed by atoms with Gasteiger partial charge in [0.05, 0.1) is 5.56 Å². The van der Waals surface area contributed by atoms with Crippen molar-refractivity contribution < 1.29 is 14.3 Å². The van der Waals surface area contributed by atoms with Crippen LogP contribution in [-0.2, 0) is 9.53 Å². The summed E-state index contributed by atoms with van der Waals surface area (Å²) in [5.74, 6) is -0.985. The first-order chi connectivity index (χ1) is 8.02. The van der Waals surface area contributed by atoms with E-state index >= 15 is 0 Å². The topological polar surface area (TPSA) is 81.4 Å². The van der Waals surface area contributed by atoms with Crippen LogP contribution < -0.4 is 11.1 Å². The van der Waals surface area contributed by atoms with E-state index in [-0.39, 0.29) is 18.1 Å². The molecule has 1 rings (SSSR count). The number of anilines is 1. The number of hydrogen-bond donors (Lipinski definition) is 2. The molecule has 1 amide bonds. The van der Waals surface area contributed by atoms with Crippen molar-refractivity contribution in [2.24, 2.45) is 0 Å². The molecular weight excluding hydrogens is 244 g/mol. The fourth-order valence-corrected chi connectivity index (χ4v) is 1.44. The van der Waals surface area contributed by atoms with E-state index in [0.717, 1.165) is 0 Å². The van der Waals surface area contributed by atoms with Crippen LogP contribution >= 0.6 is 11.6 Å². The summed E-state index contributed by atoms with van der Waals surface area (Å²) in [4.78, 5) is 22.6. The highest BCUT2D eigenvalue weighted by Crippen LogP contribution is 2.17. The van der Waals surface area contributed by atoms with Crippen LogP contribution in [0.1, 0.15) is 17.3 Å². The Kier molecular flexibility index (Phi) is 4.78. The molecule has 0 aliphatic rings. The van der Waals surface area contributed by atoms with Crippen molar-refractivity contribution in [2.45, 2.75) is 6.92 Å². The molecule has 92 valence electrons. The Hall–Kier alpha value is -1.75. The van der Waals surface area contributed by atoms with Gasteiger partial charge in [0.25, 0.3) is 5.91 Å². The van der Waals surface area contributed by atoms with Gasteiger partial charge in [-0.05, 0) is 25.1 Å². The van der Waals surface area contributed by atoms with Gasteiger partial charge in [0.15, 0.2) is 6.61 Å². The molecule has 17 heavy (non-hydrogen) atoms. The summed E-state index contributed by atoms with van der Waals surface area (Å²) in [5, 5.41) is 2.85. The molecule has 0 saturated carbocycles. The number of carbonyl (C=O) groups is 2. The quantitative estimate of drug-likeness (QED) is 0.627. The van der Waals surface area contributed by atoms with Crippen LogP contribution in [0.5, 0.6) is 0 Å². The number of amides is 1. The van der Waals surface area contributed by atoms with Gasteiger partial charge in [-0.1, -0.05) is 11.6 Å². The maximum Gasteiger partial charge on any atom is 0.338 e. The number of carbonyl (C=O) groups excluding carboxylic acids is 2. The first-order valence-electron chi connectivity index (χ1n) is 5.02. The molecule has 0 aromatic heterocycles. The number of nitrogens with two attached hydrogens (primary N) is 1. The number of likely N-dealkylation sites (N-methyl/N-ethyl adjacent to an activating group) is 1. The molecule has 0 radical (unpaired) electrons. The molecule has 1 aromatic carbocycles. The van der Waals surface area contributed by atoms with E-state index < -0.39 is 5.97 Å². The van der Waals surface area contributed by atoms with Gasteiger partial charge in [-0.2, -0.15) is 0 Å². The van der Waals surface area contributed by atoms with Crippen molar-refractivity contribution in [1.29, 1.82) is 0 Å². The van der Waals surface area contributed by atoms with Crippen molar-refractivity contribution >= 4 is 29.2 Å². The standard InChI is InChI=1S/C11H13ClN2O3/c1-2-14-10(15)6-17-11(16)7-3-8(12)5-9(13)4-7/h3-5H,2,6,13H2,1H3,(H,14,15). The van der Waals surface area contributed by atoms with Crippen molar-refractivity contribution in [2.75, 3.05) is 18.9 Å². The molecule has 0 aliphatic carbocycles. The minimum atomic E-state index is -0.634. The smallest absolute Gasteiger partial charge is 0.338 e. The zero-order valence-corrected chi connectivity index (χ0v) is 10.1. The third-order valence-corrected chi connectivity index (χ3v) is 2.08. The number of rotatable bonds is 4. The number of nitrogens with one attached hydrogen (secondary N) is 1. The second kappa shape index (κ2) is 6.10. The normalized spacial score (nSPS) is 9.76. The molecule has 0 atom stereocenters. The second-order valence-corrected chi connectivity index (χ2v) is 3.74. The fraction of sp³-hybridized carbons (Fsp3) is 0.273. The monoisotopic (exact) mass is 256 g/mol. The van der Waals surface area contributed by atoms with E-state index in [1.54, 1.807) is 6.92 Å². The Bertz CT molecular complexity index is 414. The zero-order valence-electron chi connectivity index (χ0n) is 9.33. The molecule has 1 aromatic rings. The number of esters is 1. The van der Waals surface area contributed by atoms with Gasteiger partial charge < -0.3 is 15.8 Å². The first-order valence-corrected chi connectivity index (χ1v) is 5.40. The first kappa shape index (κ1) is 13.3. The second-order valence-electron chi connectivity index (χ2n) is 3.30. The minimum Gasteiger partial charge on any atom is -0.452 e. The largest absolute Gasteiger partial charge is 0.452 e. The number of halogens is 1. The average molecular weight is 257 g/mol. The van der Waals surface area contributed by atoms with E-state index in [9.17, 15) is 9.59 Å². The molecule has 0 spiro atoms. The summed E-state index contributed by atoms with van der Waals surface area (Å²) in [6.45, 7) is 1.94. The van der Waals surface area contributed by atoms with Crippen molar-refractivity contribution in [3.63, 3.8) is 0 Å². The SMILES string of the molecule is CCNC(=O)COC(=O)c1cc(N)cc(Cl)c1. The predicted molar refractivity (Wildman–Crippen MR) is 64.8 cm³/mol. The highest BCUT2D eigenvalue weighted by Gasteiger charge is 2.11. The lowest BCUT2D eigenvalue weighted by Gasteiger charge is -2.05. The fourth-order valence-electron chi connectivity index (χ4n) is 1.19. The molecule has 0 aliphatic heterocycles. The molecule has 3 N–H and O–H groups in total. The van der Waals surface area contributed by atoms with Gasteiger partial charge in [0.2, 0.25) is 0 Å². The third kappa shape index (κ3) is 4.32.